The van der Waals surface area contributed by atoms with Gasteiger partial charge in [0.15, 0.2) is 0 Å². The van der Waals surface area contributed by atoms with Crippen LogP contribution in [0.2, 0.25) is 0 Å². The van der Waals surface area contributed by atoms with Crippen molar-refractivity contribution in [1.29, 1.82) is 0 Å². The molecule has 1 aliphatic rings. The van der Waals surface area contributed by atoms with Crippen LogP contribution in [0, 0.1) is 5.92 Å². The maximum absolute atomic E-state index is 3.54. The molecule has 2 N–H and O–H groups in total. The number of hydrogen-bond acceptors (Lipinski definition) is 2. The van der Waals surface area contributed by atoms with Crippen molar-refractivity contribution in [2.24, 2.45) is 5.92 Å². The Bertz CT molecular complexity index is 104. The molecule has 11 heavy (non-hydrogen) atoms. The summed E-state index contributed by atoms with van der Waals surface area (Å²) < 4.78 is 0. The van der Waals surface area contributed by atoms with Gasteiger partial charge < -0.3 is 10.6 Å². The van der Waals surface area contributed by atoms with Gasteiger partial charge in [0.2, 0.25) is 0 Å². The molecule has 2 nitrogen and oxygen atoms in total. The zero-order valence-electron chi connectivity index (χ0n) is 7.85. The highest BCUT2D eigenvalue weighted by Crippen LogP contribution is 2.06. The van der Waals surface area contributed by atoms with Crippen LogP contribution in [0.25, 0.3) is 0 Å². The minimum atomic E-state index is 0.651. The SMILES string of the molecule is CC(C)CC1CNC(C)CN1. The summed E-state index contributed by atoms with van der Waals surface area (Å²) in [4.78, 5) is 0. The van der Waals surface area contributed by atoms with Gasteiger partial charge in [-0.25, -0.2) is 0 Å². The van der Waals surface area contributed by atoms with Crippen LogP contribution >= 0.6 is 0 Å². The zero-order valence-corrected chi connectivity index (χ0v) is 7.85. The highest BCUT2D eigenvalue weighted by molar-refractivity contribution is 4.80. The van der Waals surface area contributed by atoms with Gasteiger partial charge in [-0.2, -0.15) is 0 Å². The van der Waals surface area contributed by atoms with Gasteiger partial charge >= 0.3 is 0 Å². The number of piperazine rings is 1. The third-order valence-electron chi connectivity index (χ3n) is 2.18. The molecule has 0 bridgehead atoms. The minimum absolute atomic E-state index is 0.651. The highest BCUT2D eigenvalue weighted by Gasteiger charge is 2.16. The second-order valence-electron chi connectivity index (χ2n) is 4.04. The average Bonchev–Trinajstić information content (AvgIpc) is 1.93. The van der Waals surface area contributed by atoms with E-state index in [4.69, 9.17) is 0 Å². The molecule has 0 aromatic carbocycles. The molecule has 0 amide bonds. The highest BCUT2D eigenvalue weighted by atomic mass is 15.1. The molecule has 1 heterocycles. The Morgan fingerprint density at radius 1 is 1.27 bits per heavy atom. The largest absolute Gasteiger partial charge is 0.311 e. The van der Waals surface area contributed by atoms with Crippen LogP contribution < -0.4 is 10.6 Å². The Labute approximate surface area is 69.8 Å². The van der Waals surface area contributed by atoms with Crippen molar-refractivity contribution in [1.82, 2.24) is 10.6 Å². The summed E-state index contributed by atoms with van der Waals surface area (Å²) in [7, 11) is 0. The Kier molecular flexibility index (Phi) is 3.34. The van der Waals surface area contributed by atoms with E-state index in [1.165, 1.54) is 6.42 Å². The van der Waals surface area contributed by atoms with Crippen LogP contribution in [-0.2, 0) is 0 Å². The van der Waals surface area contributed by atoms with E-state index in [1.54, 1.807) is 0 Å². The smallest absolute Gasteiger partial charge is 0.0195 e. The number of hydrogen-bond donors (Lipinski definition) is 2. The fourth-order valence-electron chi connectivity index (χ4n) is 1.57. The van der Waals surface area contributed by atoms with Crippen LogP contribution in [-0.4, -0.2) is 25.2 Å². The topological polar surface area (TPSA) is 24.1 Å². The van der Waals surface area contributed by atoms with Gasteiger partial charge in [-0.3, -0.25) is 0 Å². The van der Waals surface area contributed by atoms with E-state index in [-0.39, 0.29) is 0 Å². The minimum Gasteiger partial charge on any atom is -0.311 e. The molecule has 0 aromatic heterocycles. The van der Waals surface area contributed by atoms with Gasteiger partial charge in [-0.05, 0) is 19.3 Å². The van der Waals surface area contributed by atoms with E-state index in [0.29, 0.717) is 12.1 Å². The van der Waals surface area contributed by atoms with Crippen molar-refractivity contribution in [3.8, 4) is 0 Å². The second-order valence-corrected chi connectivity index (χ2v) is 4.04. The molecule has 1 saturated heterocycles. The summed E-state index contributed by atoms with van der Waals surface area (Å²) in [6.07, 6.45) is 1.29. The lowest BCUT2D eigenvalue weighted by molar-refractivity contribution is 0.322. The van der Waals surface area contributed by atoms with Crippen molar-refractivity contribution in [3.05, 3.63) is 0 Å². The molecule has 2 heteroatoms. The molecule has 1 rings (SSSR count). The molecule has 1 aliphatic heterocycles. The van der Waals surface area contributed by atoms with E-state index in [9.17, 15) is 0 Å². The Morgan fingerprint density at radius 2 is 2.00 bits per heavy atom. The quantitative estimate of drug-likeness (QED) is 0.623. The molecule has 0 aromatic rings. The Morgan fingerprint density at radius 3 is 2.45 bits per heavy atom. The zero-order chi connectivity index (χ0) is 8.27. The monoisotopic (exact) mass is 156 g/mol. The normalized spacial score (nSPS) is 32.7. The van der Waals surface area contributed by atoms with Crippen molar-refractivity contribution < 1.29 is 0 Å². The van der Waals surface area contributed by atoms with Crippen LogP contribution in [0.5, 0.6) is 0 Å². The fraction of sp³-hybridized carbons (Fsp3) is 1.00. The maximum Gasteiger partial charge on any atom is 0.0195 e. The molecular weight excluding hydrogens is 136 g/mol. The predicted molar refractivity (Wildman–Crippen MR) is 48.7 cm³/mol. The first-order chi connectivity index (χ1) is 5.18. The summed E-state index contributed by atoms with van der Waals surface area (Å²) in [5.41, 5.74) is 0. The van der Waals surface area contributed by atoms with E-state index >= 15 is 0 Å². The van der Waals surface area contributed by atoms with Gasteiger partial charge in [-0.15, -0.1) is 0 Å². The summed E-state index contributed by atoms with van der Waals surface area (Å²) in [6, 6.07) is 1.35. The van der Waals surface area contributed by atoms with Crippen molar-refractivity contribution in [2.45, 2.75) is 39.3 Å². The second kappa shape index (κ2) is 4.07. The third-order valence-corrected chi connectivity index (χ3v) is 2.18. The molecule has 66 valence electrons. The van der Waals surface area contributed by atoms with Crippen molar-refractivity contribution >= 4 is 0 Å². The summed E-state index contributed by atoms with van der Waals surface area (Å²) >= 11 is 0. The Balaban J connectivity index is 2.17. The van der Waals surface area contributed by atoms with Gasteiger partial charge in [0, 0.05) is 25.2 Å². The Hall–Kier alpha value is -0.0800. The molecule has 1 fully saturated rings. The standard InChI is InChI=1S/C9H20N2/c1-7(2)4-9-6-10-8(3)5-11-9/h7-11H,4-6H2,1-3H3. The van der Waals surface area contributed by atoms with Gasteiger partial charge in [0.1, 0.15) is 0 Å². The molecule has 2 unspecified atom stereocenters. The summed E-state index contributed by atoms with van der Waals surface area (Å²) in [5.74, 6) is 0.808. The predicted octanol–water partition coefficient (Wildman–Crippen LogP) is 0.982. The van der Waals surface area contributed by atoms with Gasteiger partial charge in [-0.1, -0.05) is 13.8 Å². The van der Waals surface area contributed by atoms with Crippen molar-refractivity contribution in [3.63, 3.8) is 0 Å². The average molecular weight is 156 g/mol. The van der Waals surface area contributed by atoms with E-state index in [1.807, 2.05) is 0 Å². The number of nitrogens with one attached hydrogen (secondary N) is 2. The number of rotatable bonds is 2. The molecule has 0 aliphatic carbocycles. The lowest BCUT2D eigenvalue weighted by Crippen LogP contribution is -2.53. The lowest BCUT2D eigenvalue weighted by atomic mass is 10.0. The molecule has 2 atom stereocenters. The first-order valence-corrected chi connectivity index (χ1v) is 4.65. The van der Waals surface area contributed by atoms with Gasteiger partial charge in [0.05, 0.1) is 0 Å². The molecule has 0 saturated carbocycles. The van der Waals surface area contributed by atoms with Crippen LogP contribution in [0.3, 0.4) is 0 Å². The summed E-state index contributed by atoms with van der Waals surface area (Å²) in [5, 5.41) is 7.01. The van der Waals surface area contributed by atoms with Gasteiger partial charge in [0.25, 0.3) is 0 Å². The molecule has 0 spiro atoms. The first-order valence-electron chi connectivity index (χ1n) is 4.65. The van der Waals surface area contributed by atoms with Crippen LogP contribution in [0.1, 0.15) is 27.2 Å². The van der Waals surface area contributed by atoms with Crippen LogP contribution in [0.4, 0.5) is 0 Å². The first kappa shape index (κ1) is 9.01. The summed E-state index contributed by atoms with van der Waals surface area (Å²) in [6.45, 7) is 9.04. The molecular formula is C9H20N2. The van der Waals surface area contributed by atoms with E-state index in [0.717, 1.165) is 19.0 Å². The van der Waals surface area contributed by atoms with E-state index < -0.39 is 0 Å². The fourth-order valence-corrected chi connectivity index (χ4v) is 1.57. The van der Waals surface area contributed by atoms with Crippen LogP contribution in [0.15, 0.2) is 0 Å². The van der Waals surface area contributed by atoms with Crippen molar-refractivity contribution in [2.75, 3.05) is 13.1 Å². The lowest BCUT2D eigenvalue weighted by Gasteiger charge is -2.30. The third kappa shape index (κ3) is 3.21. The maximum atomic E-state index is 3.54. The van der Waals surface area contributed by atoms with E-state index in [2.05, 4.69) is 31.4 Å². The molecule has 0 radical (unpaired) electrons.